The van der Waals surface area contributed by atoms with E-state index >= 15 is 0 Å². The molecule has 2 aliphatic heterocycles. The number of ether oxygens (including phenoxy) is 1. The zero-order chi connectivity index (χ0) is 15.7. The summed E-state index contributed by atoms with van der Waals surface area (Å²) in [6.07, 6.45) is 4.15. The fraction of sp³-hybridized carbons (Fsp3) is 0.625. The van der Waals surface area contributed by atoms with Gasteiger partial charge in [0, 0.05) is 18.1 Å². The Balaban J connectivity index is 1.67. The molecule has 2 heterocycles. The molecular weight excluding hydrogens is 300 g/mol. The summed E-state index contributed by atoms with van der Waals surface area (Å²) in [4.78, 5) is 0.300. The van der Waals surface area contributed by atoms with Crippen LogP contribution in [0.2, 0.25) is 0 Å². The smallest absolute Gasteiger partial charge is 0.240 e. The topological polar surface area (TPSA) is 67.4 Å². The predicted molar refractivity (Wildman–Crippen MR) is 85.5 cm³/mol. The van der Waals surface area contributed by atoms with Crippen LogP contribution in [0.4, 0.5) is 0 Å². The van der Waals surface area contributed by atoms with Crippen LogP contribution >= 0.6 is 0 Å². The molecule has 0 spiro atoms. The normalized spacial score (nSPS) is 28.0. The van der Waals surface area contributed by atoms with Gasteiger partial charge in [-0.15, -0.1) is 0 Å². The van der Waals surface area contributed by atoms with Crippen LogP contribution in [0.3, 0.4) is 0 Å². The van der Waals surface area contributed by atoms with E-state index in [1.807, 2.05) is 13.8 Å². The lowest BCUT2D eigenvalue weighted by molar-refractivity contribution is 0.242. The van der Waals surface area contributed by atoms with Crippen LogP contribution in [0.5, 0.6) is 5.75 Å². The molecule has 3 rings (SSSR count). The fourth-order valence-corrected chi connectivity index (χ4v) is 4.67. The molecule has 2 unspecified atom stereocenters. The van der Waals surface area contributed by atoms with Crippen molar-refractivity contribution in [3.05, 3.63) is 24.3 Å². The largest absolute Gasteiger partial charge is 0.491 e. The van der Waals surface area contributed by atoms with Crippen molar-refractivity contribution < 1.29 is 13.2 Å². The van der Waals surface area contributed by atoms with Crippen LogP contribution in [0.25, 0.3) is 0 Å². The second kappa shape index (κ2) is 6.18. The summed E-state index contributed by atoms with van der Waals surface area (Å²) in [6.45, 7) is 3.88. The zero-order valence-corrected chi connectivity index (χ0v) is 13.9. The van der Waals surface area contributed by atoms with Crippen LogP contribution in [0.1, 0.15) is 39.5 Å². The number of hydrogen-bond donors (Lipinski definition) is 2. The maximum Gasteiger partial charge on any atom is 0.240 e. The van der Waals surface area contributed by atoms with Crippen molar-refractivity contribution in [3.63, 3.8) is 0 Å². The fourth-order valence-electron chi connectivity index (χ4n) is 3.41. The molecule has 0 aromatic heterocycles. The quantitative estimate of drug-likeness (QED) is 0.870. The molecule has 0 radical (unpaired) electrons. The highest BCUT2D eigenvalue weighted by Gasteiger charge is 2.35. The maximum atomic E-state index is 12.5. The molecule has 2 atom stereocenters. The third-order valence-electron chi connectivity index (χ3n) is 4.30. The van der Waals surface area contributed by atoms with E-state index in [0.717, 1.165) is 25.7 Å². The summed E-state index contributed by atoms with van der Waals surface area (Å²) in [5, 5.41) is 3.52. The third kappa shape index (κ3) is 3.62. The van der Waals surface area contributed by atoms with Gasteiger partial charge in [-0.1, -0.05) is 0 Å². The molecule has 2 N–H and O–H groups in total. The van der Waals surface area contributed by atoms with Crippen LogP contribution in [0.15, 0.2) is 29.2 Å². The van der Waals surface area contributed by atoms with Crippen molar-refractivity contribution in [2.75, 3.05) is 0 Å². The Bertz CT molecular complexity index is 601. The number of fused-ring (bicyclic) bond motifs is 2. The minimum Gasteiger partial charge on any atom is -0.491 e. The summed E-state index contributed by atoms with van der Waals surface area (Å²) in [5.41, 5.74) is 0. The Morgan fingerprint density at radius 2 is 1.73 bits per heavy atom. The van der Waals surface area contributed by atoms with Crippen molar-refractivity contribution in [1.29, 1.82) is 0 Å². The molecule has 122 valence electrons. The minimum atomic E-state index is -3.46. The van der Waals surface area contributed by atoms with Crippen LogP contribution in [-0.2, 0) is 10.0 Å². The van der Waals surface area contributed by atoms with Gasteiger partial charge in [0.2, 0.25) is 10.0 Å². The van der Waals surface area contributed by atoms with Crippen molar-refractivity contribution >= 4 is 10.0 Å². The summed E-state index contributed by atoms with van der Waals surface area (Å²) < 4.78 is 33.4. The molecule has 0 saturated carbocycles. The highest BCUT2D eigenvalue weighted by atomic mass is 32.2. The third-order valence-corrected chi connectivity index (χ3v) is 5.84. The van der Waals surface area contributed by atoms with Crippen molar-refractivity contribution in [3.8, 4) is 5.75 Å². The number of piperidine rings is 1. The molecule has 2 aliphatic rings. The Labute approximate surface area is 132 Å². The SMILES string of the molecule is CC(C)Oc1ccc(S(=O)(=O)NC2CC3CCC(C2)N3)cc1. The predicted octanol–water partition coefficient (Wildman–Crippen LogP) is 2.04. The standard InChI is InChI=1S/C16H24N2O3S/c1-11(2)21-15-5-7-16(8-6-15)22(19,20)18-14-9-12-3-4-13(10-14)17-12/h5-8,11-14,17-18H,3-4,9-10H2,1-2H3. The molecule has 22 heavy (non-hydrogen) atoms. The summed E-state index contributed by atoms with van der Waals surface area (Å²) in [7, 11) is -3.46. The first-order chi connectivity index (χ1) is 10.4. The number of hydrogen-bond acceptors (Lipinski definition) is 4. The molecule has 6 heteroatoms. The van der Waals surface area contributed by atoms with Crippen molar-refractivity contribution in [2.45, 2.75) is 68.7 Å². The first kappa shape index (κ1) is 15.8. The van der Waals surface area contributed by atoms with Gasteiger partial charge in [-0.3, -0.25) is 0 Å². The first-order valence-corrected chi connectivity index (χ1v) is 9.46. The average molecular weight is 324 g/mol. The Hall–Kier alpha value is -1.11. The molecule has 1 aromatic rings. The van der Waals surface area contributed by atoms with E-state index in [-0.39, 0.29) is 12.1 Å². The molecule has 0 aliphatic carbocycles. The number of sulfonamides is 1. The molecule has 2 fully saturated rings. The van der Waals surface area contributed by atoms with E-state index in [0.29, 0.717) is 22.7 Å². The zero-order valence-electron chi connectivity index (χ0n) is 13.1. The maximum absolute atomic E-state index is 12.5. The highest BCUT2D eigenvalue weighted by Crippen LogP contribution is 2.28. The lowest BCUT2D eigenvalue weighted by Crippen LogP contribution is -2.47. The van der Waals surface area contributed by atoms with Gasteiger partial charge in [-0.05, 0) is 63.8 Å². The van der Waals surface area contributed by atoms with Crippen LogP contribution in [0, 0.1) is 0 Å². The Morgan fingerprint density at radius 3 is 2.27 bits per heavy atom. The molecule has 5 nitrogen and oxygen atoms in total. The molecule has 1 aromatic carbocycles. The van der Waals surface area contributed by atoms with Gasteiger partial charge >= 0.3 is 0 Å². The highest BCUT2D eigenvalue weighted by molar-refractivity contribution is 7.89. The first-order valence-electron chi connectivity index (χ1n) is 7.97. The van der Waals surface area contributed by atoms with Gasteiger partial charge in [0.1, 0.15) is 5.75 Å². The van der Waals surface area contributed by atoms with E-state index in [4.69, 9.17) is 4.74 Å². The average Bonchev–Trinajstić information content (AvgIpc) is 2.77. The van der Waals surface area contributed by atoms with E-state index < -0.39 is 10.0 Å². The number of benzene rings is 1. The molecular formula is C16H24N2O3S. The second-order valence-corrected chi connectivity index (χ2v) is 8.28. The Kier molecular flexibility index (Phi) is 4.43. The van der Waals surface area contributed by atoms with Crippen LogP contribution < -0.4 is 14.8 Å². The molecule has 2 bridgehead atoms. The van der Waals surface area contributed by atoms with Gasteiger partial charge in [0.25, 0.3) is 0 Å². The van der Waals surface area contributed by atoms with E-state index in [2.05, 4.69) is 10.0 Å². The van der Waals surface area contributed by atoms with Gasteiger partial charge in [-0.25, -0.2) is 13.1 Å². The minimum absolute atomic E-state index is 0.0374. The number of nitrogens with one attached hydrogen (secondary N) is 2. The number of rotatable bonds is 5. The van der Waals surface area contributed by atoms with Gasteiger partial charge in [-0.2, -0.15) is 0 Å². The summed E-state index contributed by atoms with van der Waals surface area (Å²) in [5.74, 6) is 0.689. The van der Waals surface area contributed by atoms with E-state index in [9.17, 15) is 8.42 Å². The summed E-state index contributed by atoms with van der Waals surface area (Å²) >= 11 is 0. The van der Waals surface area contributed by atoms with Gasteiger partial charge < -0.3 is 10.1 Å². The molecule has 0 amide bonds. The Morgan fingerprint density at radius 1 is 1.14 bits per heavy atom. The van der Waals surface area contributed by atoms with E-state index in [1.54, 1.807) is 24.3 Å². The monoisotopic (exact) mass is 324 g/mol. The summed E-state index contributed by atoms with van der Waals surface area (Å²) in [6, 6.07) is 7.60. The van der Waals surface area contributed by atoms with Crippen molar-refractivity contribution in [2.24, 2.45) is 0 Å². The van der Waals surface area contributed by atoms with Crippen LogP contribution in [-0.4, -0.2) is 32.6 Å². The van der Waals surface area contributed by atoms with Gasteiger partial charge in [0.05, 0.1) is 11.0 Å². The van der Waals surface area contributed by atoms with Crippen molar-refractivity contribution in [1.82, 2.24) is 10.0 Å². The van der Waals surface area contributed by atoms with E-state index in [1.165, 1.54) is 0 Å². The lowest BCUT2D eigenvalue weighted by Gasteiger charge is -2.29. The lowest BCUT2D eigenvalue weighted by atomic mass is 10.0. The molecule has 2 saturated heterocycles. The van der Waals surface area contributed by atoms with Gasteiger partial charge in [0.15, 0.2) is 0 Å². The second-order valence-electron chi connectivity index (χ2n) is 6.57.